The van der Waals surface area contributed by atoms with Gasteiger partial charge in [-0.15, -0.1) is 0 Å². The van der Waals surface area contributed by atoms with Crippen LogP contribution in [0.5, 0.6) is 0 Å². The smallest absolute Gasteiger partial charge is 0.549 e. The summed E-state index contributed by atoms with van der Waals surface area (Å²) in [7, 11) is 0. The molecule has 0 atom stereocenters. The third-order valence-electron chi connectivity index (χ3n) is 2.14. The van der Waals surface area contributed by atoms with Crippen LogP contribution in [0.25, 0.3) is 0 Å². The molecular weight excluding hydrogens is 250 g/mol. The maximum atomic E-state index is 10.7. The fourth-order valence-electron chi connectivity index (χ4n) is 1.38. The molecule has 0 aliphatic heterocycles. The van der Waals surface area contributed by atoms with Crippen molar-refractivity contribution in [1.82, 2.24) is 0 Å². The molecule has 76 valence electrons. The van der Waals surface area contributed by atoms with Crippen LogP contribution in [-0.4, -0.2) is 11.9 Å². The van der Waals surface area contributed by atoms with Crippen LogP contribution in [0.3, 0.4) is 0 Å². The molecule has 0 amide bonds. The van der Waals surface area contributed by atoms with E-state index in [2.05, 4.69) is 0 Å². The zero-order valence-electron chi connectivity index (χ0n) is 10.1. The quantitative estimate of drug-likeness (QED) is 0.365. The van der Waals surface area contributed by atoms with Gasteiger partial charge in [0.2, 0.25) is 0 Å². The SMILES string of the molecule is CCC(CC(C)C)(C(=O)[O-])C(=O)[O-].[K+].[K+]. The number of carboxylic acid groups (broad SMARTS) is 2. The molecule has 0 spiro atoms. The predicted octanol–water partition coefficient (Wildman–Crippen LogP) is -7.06. The van der Waals surface area contributed by atoms with Gasteiger partial charge in [-0.2, -0.15) is 0 Å². The molecule has 4 nitrogen and oxygen atoms in total. The van der Waals surface area contributed by atoms with E-state index in [1.807, 2.05) is 0 Å². The Morgan fingerprint density at radius 1 is 1.13 bits per heavy atom. The summed E-state index contributed by atoms with van der Waals surface area (Å²) in [6, 6.07) is 0. The Morgan fingerprint density at radius 2 is 1.47 bits per heavy atom. The first-order valence-electron chi connectivity index (χ1n) is 4.29. The van der Waals surface area contributed by atoms with Crippen LogP contribution in [0.15, 0.2) is 0 Å². The first kappa shape index (κ1) is 22.4. The topological polar surface area (TPSA) is 80.3 Å². The third kappa shape index (κ3) is 6.64. The fourth-order valence-corrected chi connectivity index (χ4v) is 1.38. The number of carbonyl (C=O) groups is 2. The summed E-state index contributed by atoms with van der Waals surface area (Å²) >= 11 is 0. The van der Waals surface area contributed by atoms with Crippen molar-refractivity contribution >= 4 is 11.9 Å². The van der Waals surface area contributed by atoms with Crippen molar-refractivity contribution in [2.45, 2.75) is 33.6 Å². The molecule has 0 aliphatic carbocycles. The molecule has 0 rings (SSSR count). The normalized spacial score (nSPS) is 10.1. The van der Waals surface area contributed by atoms with E-state index in [9.17, 15) is 19.8 Å². The van der Waals surface area contributed by atoms with Gasteiger partial charge in [0.25, 0.3) is 0 Å². The zero-order chi connectivity index (χ0) is 10.6. The monoisotopic (exact) mass is 264 g/mol. The average molecular weight is 264 g/mol. The van der Waals surface area contributed by atoms with E-state index in [4.69, 9.17) is 0 Å². The number of carboxylic acids is 2. The van der Waals surface area contributed by atoms with Crippen LogP contribution in [0.1, 0.15) is 33.6 Å². The first-order valence-corrected chi connectivity index (χ1v) is 4.29. The van der Waals surface area contributed by atoms with Gasteiger partial charge in [-0.1, -0.05) is 20.8 Å². The number of carbonyl (C=O) groups excluding carboxylic acids is 2. The van der Waals surface area contributed by atoms with Crippen molar-refractivity contribution in [2.75, 3.05) is 0 Å². The molecule has 0 aromatic carbocycles. The van der Waals surface area contributed by atoms with Crippen molar-refractivity contribution in [2.24, 2.45) is 11.3 Å². The van der Waals surface area contributed by atoms with E-state index in [0.717, 1.165) is 0 Å². The number of hydrogen-bond acceptors (Lipinski definition) is 4. The van der Waals surface area contributed by atoms with Crippen LogP contribution >= 0.6 is 0 Å². The van der Waals surface area contributed by atoms with Crippen LogP contribution in [0, 0.1) is 11.3 Å². The van der Waals surface area contributed by atoms with Crippen molar-refractivity contribution in [3.63, 3.8) is 0 Å². The molecule has 0 unspecified atom stereocenters. The average Bonchev–Trinajstić information content (AvgIpc) is 1.98. The number of aliphatic carboxylic acids is 2. The van der Waals surface area contributed by atoms with E-state index >= 15 is 0 Å². The second-order valence-corrected chi connectivity index (χ2v) is 3.61. The standard InChI is InChI=1S/C9H16O4.2K/c1-4-9(7(10)11,8(12)13)5-6(2)3;;/h6H,4-5H2,1-3H3,(H,10,11)(H,12,13);;/q;2*+1/p-2. The Balaban J connectivity index is -0.000000720. The summed E-state index contributed by atoms with van der Waals surface area (Å²) in [6.45, 7) is 5.03. The van der Waals surface area contributed by atoms with E-state index < -0.39 is 17.4 Å². The molecule has 0 aliphatic rings. The molecule has 0 fully saturated rings. The minimum Gasteiger partial charge on any atom is -0.549 e. The third-order valence-corrected chi connectivity index (χ3v) is 2.14. The molecule has 0 saturated heterocycles. The van der Waals surface area contributed by atoms with Gasteiger partial charge in [0.15, 0.2) is 0 Å². The Hall–Kier alpha value is 2.21. The van der Waals surface area contributed by atoms with Crippen molar-refractivity contribution in [3.8, 4) is 0 Å². The van der Waals surface area contributed by atoms with Gasteiger partial charge in [0.1, 0.15) is 0 Å². The zero-order valence-corrected chi connectivity index (χ0v) is 16.4. The van der Waals surface area contributed by atoms with Gasteiger partial charge >= 0.3 is 103 Å². The van der Waals surface area contributed by atoms with Gasteiger partial charge in [-0.3, -0.25) is 0 Å². The van der Waals surface area contributed by atoms with E-state index in [-0.39, 0.29) is 122 Å². The molecule has 0 aromatic heterocycles. The van der Waals surface area contributed by atoms with Gasteiger partial charge < -0.3 is 19.8 Å². The van der Waals surface area contributed by atoms with Gasteiger partial charge in [0, 0.05) is 5.41 Å². The molecule has 0 N–H and O–H groups in total. The van der Waals surface area contributed by atoms with Crippen LogP contribution in [0.2, 0.25) is 0 Å². The second kappa shape index (κ2) is 10.2. The van der Waals surface area contributed by atoms with Crippen molar-refractivity contribution < 1.29 is 123 Å². The first-order chi connectivity index (χ1) is 5.86. The summed E-state index contributed by atoms with van der Waals surface area (Å²) < 4.78 is 0. The predicted molar refractivity (Wildman–Crippen MR) is 42.2 cm³/mol. The molecular formula is C9H14K2O4. The molecule has 6 heteroatoms. The van der Waals surface area contributed by atoms with Gasteiger partial charge in [0.05, 0.1) is 11.9 Å². The van der Waals surface area contributed by atoms with Crippen LogP contribution < -0.4 is 113 Å². The largest absolute Gasteiger partial charge is 1.00 e. The van der Waals surface area contributed by atoms with Crippen molar-refractivity contribution in [3.05, 3.63) is 0 Å². The molecule has 0 radical (unpaired) electrons. The van der Waals surface area contributed by atoms with E-state index in [1.165, 1.54) is 6.92 Å². The van der Waals surface area contributed by atoms with E-state index in [1.54, 1.807) is 13.8 Å². The van der Waals surface area contributed by atoms with Crippen LogP contribution in [-0.2, 0) is 9.59 Å². The van der Waals surface area contributed by atoms with E-state index in [0.29, 0.717) is 0 Å². The minimum absolute atomic E-state index is 0. The Kier molecular flexibility index (Phi) is 15.2. The Morgan fingerprint density at radius 3 is 1.53 bits per heavy atom. The van der Waals surface area contributed by atoms with Gasteiger partial charge in [-0.25, -0.2) is 0 Å². The Labute approximate surface area is 175 Å². The van der Waals surface area contributed by atoms with Crippen LogP contribution in [0.4, 0.5) is 0 Å². The second-order valence-electron chi connectivity index (χ2n) is 3.61. The summed E-state index contributed by atoms with van der Waals surface area (Å²) in [4.78, 5) is 21.4. The number of rotatable bonds is 5. The summed E-state index contributed by atoms with van der Waals surface area (Å²) in [5.74, 6) is -3.12. The number of hydrogen-bond donors (Lipinski definition) is 0. The maximum Gasteiger partial charge on any atom is 1.00 e. The molecule has 0 aromatic rings. The molecule has 0 heterocycles. The maximum absolute atomic E-state index is 10.7. The molecule has 15 heavy (non-hydrogen) atoms. The Bertz CT molecular complexity index is 202. The summed E-state index contributed by atoms with van der Waals surface area (Å²) in [5, 5.41) is 21.4. The van der Waals surface area contributed by atoms with Gasteiger partial charge in [-0.05, 0) is 18.8 Å². The van der Waals surface area contributed by atoms with Crippen molar-refractivity contribution in [1.29, 1.82) is 0 Å². The minimum atomic E-state index is -1.83. The summed E-state index contributed by atoms with van der Waals surface area (Å²) in [6.07, 6.45) is 0.0456. The fraction of sp³-hybridized carbons (Fsp3) is 0.778. The summed E-state index contributed by atoms with van der Waals surface area (Å²) in [5.41, 5.74) is -1.83. The molecule has 0 saturated carbocycles. The molecule has 0 bridgehead atoms.